The van der Waals surface area contributed by atoms with Gasteiger partial charge in [0.1, 0.15) is 5.76 Å². The van der Waals surface area contributed by atoms with E-state index in [1.54, 1.807) is 30.5 Å². The van der Waals surface area contributed by atoms with Crippen LogP contribution in [0.5, 0.6) is 0 Å². The zero-order chi connectivity index (χ0) is 26.7. The van der Waals surface area contributed by atoms with Gasteiger partial charge in [0, 0.05) is 30.9 Å². The van der Waals surface area contributed by atoms with Gasteiger partial charge in [-0.15, -0.1) is 0 Å². The summed E-state index contributed by atoms with van der Waals surface area (Å²) in [5.41, 5.74) is 5.13. The van der Waals surface area contributed by atoms with Crippen LogP contribution in [0.1, 0.15) is 39.7 Å². The number of nitrogens with one attached hydrogen (secondary N) is 1. The number of hydrogen-bond acceptors (Lipinski definition) is 3. The van der Waals surface area contributed by atoms with Crippen LogP contribution in [-0.2, 0) is 19.1 Å². The lowest BCUT2D eigenvalue weighted by atomic mass is 9.97. The van der Waals surface area contributed by atoms with E-state index in [1.807, 2.05) is 30.3 Å². The lowest BCUT2D eigenvalue weighted by Crippen LogP contribution is -2.31. The van der Waals surface area contributed by atoms with Crippen LogP contribution < -0.4 is 5.32 Å². The maximum absolute atomic E-state index is 13.2. The smallest absolute Gasteiger partial charge is 0.416 e. The molecule has 0 spiro atoms. The molecular weight excluding hydrogens is 489 g/mol. The highest BCUT2D eigenvalue weighted by Gasteiger charge is 2.30. The number of rotatable bonds is 6. The normalized spacial score (nSPS) is 14.3. The fourth-order valence-corrected chi connectivity index (χ4v) is 4.81. The molecule has 0 aliphatic carbocycles. The second-order valence-corrected chi connectivity index (χ2v) is 9.53. The molecule has 5 rings (SSSR count). The van der Waals surface area contributed by atoms with E-state index in [4.69, 9.17) is 4.42 Å². The van der Waals surface area contributed by atoms with Crippen LogP contribution in [0.4, 0.5) is 18.9 Å². The number of amides is 1. The van der Waals surface area contributed by atoms with Gasteiger partial charge in [-0.1, -0.05) is 42.0 Å². The molecule has 4 nitrogen and oxygen atoms in total. The van der Waals surface area contributed by atoms with Crippen molar-refractivity contribution in [3.8, 4) is 11.1 Å². The minimum absolute atomic E-state index is 0.309. The lowest BCUT2D eigenvalue weighted by molar-refractivity contribution is -0.137. The molecule has 1 N–H and O–H groups in total. The Hall–Kier alpha value is -4.10. The molecular formula is C31H27F3N2O2. The molecule has 0 radical (unpaired) electrons. The van der Waals surface area contributed by atoms with E-state index >= 15 is 0 Å². The predicted molar refractivity (Wildman–Crippen MR) is 143 cm³/mol. The molecule has 4 aromatic rings. The quantitative estimate of drug-likeness (QED) is 0.286. The first kappa shape index (κ1) is 25.5. The van der Waals surface area contributed by atoms with Crippen molar-refractivity contribution in [2.75, 3.05) is 18.4 Å². The molecule has 0 bridgehead atoms. The Balaban J connectivity index is 1.27. The van der Waals surface area contributed by atoms with Crippen molar-refractivity contribution in [3.05, 3.63) is 119 Å². The highest BCUT2D eigenvalue weighted by Crippen LogP contribution is 2.32. The largest absolute Gasteiger partial charge is 0.465 e. The van der Waals surface area contributed by atoms with Crippen LogP contribution >= 0.6 is 0 Å². The van der Waals surface area contributed by atoms with Crippen molar-refractivity contribution < 1.29 is 22.4 Å². The number of halogens is 3. The summed E-state index contributed by atoms with van der Waals surface area (Å²) in [7, 11) is 0. The Morgan fingerprint density at radius 3 is 2.53 bits per heavy atom. The predicted octanol–water partition coefficient (Wildman–Crippen LogP) is 7.68. The van der Waals surface area contributed by atoms with Crippen LogP contribution in [-0.4, -0.2) is 23.9 Å². The maximum Gasteiger partial charge on any atom is 0.416 e. The van der Waals surface area contributed by atoms with Crippen molar-refractivity contribution in [3.63, 3.8) is 0 Å². The topological polar surface area (TPSA) is 45.5 Å². The molecule has 194 valence electrons. The molecule has 1 aliphatic rings. The third-order valence-electron chi connectivity index (χ3n) is 6.66. The Bertz CT molecular complexity index is 1460. The Kier molecular flexibility index (Phi) is 7.20. The van der Waals surface area contributed by atoms with Crippen LogP contribution in [0, 0.1) is 0 Å². The van der Waals surface area contributed by atoms with Gasteiger partial charge in [0.15, 0.2) is 0 Å². The van der Waals surface area contributed by atoms with Gasteiger partial charge in [-0.05, 0) is 84.1 Å². The van der Waals surface area contributed by atoms with Crippen LogP contribution in [0.3, 0.4) is 0 Å². The summed E-state index contributed by atoms with van der Waals surface area (Å²) < 4.78 is 44.3. The van der Waals surface area contributed by atoms with Crippen LogP contribution in [0.25, 0.3) is 17.2 Å². The molecule has 2 heterocycles. The number of nitrogens with zero attached hydrogens (tertiary/aromatic N) is 1. The Morgan fingerprint density at radius 2 is 1.79 bits per heavy atom. The second kappa shape index (κ2) is 10.7. The summed E-state index contributed by atoms with van der Waals surface area (Å²) in [6, 6.07) is 21.5. The van der Waals surface area contributed by atoms with Crippen molar-refractivity contribution in [1.29, 1.82) is 0 Å². The van der Waals surface area contributed by atoms with E-state index in [1.165, 1.54) is 28.8 Å². The molecule has 0 saturated heterocycles. The molecule has 1 aliphatic heterocycles. The number of anilines is 1. The highest BCUT2D eigenvalue weighted by molar-refractivity contribution is 6.08. The first-order chi connectivity index (χ1) is 18.3. The molecule has 1 amide bonds. The molecule has 0 fully saturated rings. The van der Waals surface area contributed by atoms with E-state index in [9.17, 15) is 18.0 Å². The average molecular weight is 517 g/mol. The number of carbonyl (C=O) groups is 1. The number of benzene rings is 3. The molecule has 7 heteroatoms. The van der Waals surface area contributed by atoms with Crippen molar-refractivity contribution in [2.24, 2.45) is 0 Å². The van der Waals surface area contributed by atoms with Crippen molar-refractivity contribution in [2.45, 2.75) is 26.1 Å². The molecule has 38 heavy (non-hydrogen) atoms. The zero-order valence-corrected chi connectivity index (χ0v) is 20.9. The van der Waals surface area contributed by atoms with Crippen molar-refractivity contribution >= 4 is 17.7 Å². The standard InChI is InChI=1S/C31H27F3N2O2/c1-21(17-27-5-4-16-38-27)19-36-15-14-23-18-26(13-10-24(23)20-36)35-30(37)29-7-3-2-6-28(29)22-8-11-25(12-9-22)31(32,33)34/h2-13,16-18H,14-15,19-20H2,1H3,(H,35,37)/b21-17+. The van der Waals surface area contributed by atoms with Gasteiger partial charge < -0.3 is 9.73 Å². The van der Waals surface area contributed by atoms with Gasteiger partial charge in [0.05, 0.1) is 11.8 Å². The number of alkyl halides is 3. The van der Waals surface area contributed by atoms with Crippen LogP contribution in [0.15, 0.2) is 95.1 Å². The fourth-order valence-electron chi connectivity index (χ4n) is 4.81. The third kappa shape index (κ3) is 5.89. The summed E-state index contributed by atoms with van der Waals surface area (Å²) in [6.45, 7) is 4.67. The molecule has 0 saturated carbocycles. The monoisotopic (exact) mass is 516 g/mol. The first-order valence-corrected chi connectivity index (χ1v) is 12.4. The Morgan fingerprint density at radius 1 is 1.00 bits per heavy atom. The maximum atomic E-state index is 13.2. The van der Waals surface area contributed by atoms with Gasteiger partial charge in [-0.2, -0.15) is 13.2 Å². The highest BCUT2D eigenvalue weighted by atomic mass is 19.4. The summed E-state index contributed by atoms with van der Waals surface area (Å²) in [4.78, 5) is 15.6. The fraction of sp³-hybridized carbons (Fsp3) is 0.194. The van der Waals surface area contributed by atoms with Gasteiger partial charge in [0.2, 0.25) is 0 Å². The number of furan rings is 1. The number of carbonyl (C=O) groups excluding carboxylic acids is 1. The molecule has 0 unspecified atom stereocenters. The van der Waals surface area contributed by atoms with E-state index < -0.39 is 11.7 Å². The minimum Gasteiger partial charge on any atom is -0.465 e. The number of hydrogen-bond donors (Lipinski definition) is 1. The minimum atomic E-state index is -4.41. The lowest BCUT2D eigenvalue weighted by Gasteiger charge is -2.29. The van der Waals surface area contributed by atoms with Crippen molar-refractivity contribution in [1.82, 2.24) is 4.90 Å². The second-order valence-electron chi connectivity index (χ2n) is 9.53. The van der Waals surface area contributed by atoms with E-state index in [0.29, 0.717) is 22.4 Å². The molecule has 3 aromatic carbocycles. The SMILES string of the molecule is C/C(=C\c1ccco1)CN1CCc2cc(NC(=O)c3ccccc3-c3ccc(C(F)(F)F)cc3)ccc2C1. The van der Waals surface area contributed by atoms with E-state index in [-0.39, 0.29) is 5.91 Å². The van der Waals surface area contributed by atoms with Gasteiger partial charge in [-0.25, -0.2) is 0 Å². The third-order valence-corrected chi connectivity index (χ3v) is 6.66. The average Bonchev–Trinajstić information content (AvgIpc) is 3.41. The van der Waals surface area contributed by atoms with E-state index in [2.05, 4.69) is 23.2 Å². The summed E-state index contributed by atoms with van der Waals surface area (Å²) in [5, 5.41) is 2.97. The molecule has 1 aromatic heterocycles. The van der Waals surface area contributed by atoms with Gasteiger partial charge in [0.25, 0.3) is 5.91 Å². The number of fused-ring (bicyclic) bond motifs is 1. The van der Waals surface area contributed by atoms with E-state index in [0.717, 1.165) is 43.9 Å². The van der Waals surface area contributed by atoms with Gasteiger partial charge in [-0.3, -0.25) is 9.69 Å². The first-order valence-electron chi connectivity index (χ1n) is 12.4. The van der Waals surface area contributed by atoms with Crippen LogP contribution in [0.2, 0.25) is 0 Å². The summed E-state index contributed by atoms with van der Waals surface area (Å²) in [6.07, 6.45) is 0.181. The molecule has 0 atom stereocenters. The summed E-state index contributed by atoms with van der Waals surface area (Å²) in [5.74, 6) is 0.539. The zero-order valence-electron chi connectivity index (χ0n) is 20.9. The Labute approximate surface area is 219 Å². The summed E-state index contributed by atoms with van der Waals surface area (Å²) >= 11 is 0. The van der Waals surface area contributed by atoms with Gasteiger partial charge >= 0.3 is 6.18 Å².